The van der Waals surface area contributed by atoms with Gasteiger partial charge in [-0.25, -0.2) is 0 Å². The van der Waals surface area contributed by atoms with Gasteiger partial charge in [-0.05, 0) is 44.2 Å². The third-order valence-electron chi connectivity index (χ3n) is 6.44. The summed E-state index contributed by atoms with van der Waals surface area (Å²) in [6.07, 6.45) is 17.0. The molecule has 0 fully saturated rings. The van der Waals surface area contributed by atoms with Gasteiger partial charge in [0, 0.05) is 24.5 Å². The van der Waals surface area contributed by atoms with Crippen molar-refractivity contribution in [3.63, 3.8) is 0 Å². The van der Waals surface area contributed by atoms with E-state index in [9.17, 15) is 0 Å². The quantitative estimate of drug-likeness (QED) is 0.326. The second-order valence-corrected chi connectivity index (χ2v) is 9.20. The summed E-state index contributed by atoms with van der Waals surface area (Å²) in [5.74, 6) is 0. The summed E-state index contributed by atoms with van der Waals surface area (Å²) in [5, 5.41) is 8.87. The number of aliphatic hydroxyl groups is 1. The lowest BCUT2D eigenvalue weighted by molar-refractivity contribution is 0.282. The van der Waals surface area contributed by atoms with Crippen molar-refractivity contribution >= 4 is 11.4 Å². The molecule has 0 amide bonds. The van der Waals surface area contributed by atoms with E-state index < -0.39 is 0 Å². The van der Waals surface area contributed by atoms with E-state index in [1.807, 2.05) is 0 Å². The van der Waals surface area contributed by atoms with E-state index in [0.717, 1.165) is 19.4 Å². The van der Waals surface area contributed by atoms with Crippen LogP contribution in [0.3, 0.4) is 0 Å². The molecule has 0 unspecified atom stereocenters. The molecule has 0 spiro atoms. The van der Waals surface area contributed by atoms with Crippen molar-refractivity contribution in [3.05, 3.63) is 82.9 Å². The molecule has 0 aromatic heterocycles. The highest BCUT2D eigenvalue weighted by Crippen LogP contribution is 2.34. The number of unbranched alkanes of at least 4 members (excludes halogenated alkanes) is 8. The summed E-state index contributed by atoms with van der Waals surface area (Å²) in [5.41, 5.74) is 7.95. The fourth-order valence-electron chi connectivity index (χ4n) is 4.49. The van der Waals surface area contributed by atoms with Gasteiger partial charge >= 0.3 is 0 Å². The van der Waals surface area contributed by atoms with Gasteiger partial charge in [-0.15, -0.1) is 0 Å². The SMILES string of the molecule is Cc1ccc(C2=CCC=C(c3ccc(C)cc3)N2CCCCCCCCCCCO)cc1. The molecule has 1 aliphatic heterocycles. The number of aliphatic hydroxyl groups excluding tert-OH is 1. The first-order valence-corrected chi connectivity index (χ1v) is 12.6. The van der Waals surface area contributed by atoms with Crippen molar-refractivity contribution in [1.82, 2.24) is 4.90 Å². The predicted molar refractivity (Wildman–Crippen MR) is 138 cm³/mol. The Hall–Kier alpha value is -2.32. The Bertz CT molecular complexity index is 799. The Labute approximate surface area is 195 Å². The zero-order chi connectivity index (χ0) is 22.6. The zero-order valence-corrected chi connectivity index (χ0v) is 20.2. The van der Waals surface area contributed by atoms with Gasteiger partial charge in [0.1, 0.15) is 0 Å². The van der Waals surface area contributed by atoms with E-state index in [1.54, 1.807) is 0 Å². The average Bonchev–Trinajstić information content (AvgIpc) is 2.81. The Morgan fingerprint density at radius 3 is 1.44 bits per heavy atom. The number of benzene rings is 2. The minimum Gasteiger partial charge on any atom is -0.396 e. The monoisotopic (exact) mass is 431 g/mol. The molecule has 0 atom stereocenters. The van der Waals surface area contributed by atoms with Crippen LogP contribution in [0.1, 0.15) is 86.5 Å². The molecule has 1 N–H and O–H groups in total. The smallest absolute Gasteiger partial charge is 0.0447 e. The van der Waals surface area contributed by atoms with E-state index in [2.05, 4.69) is 79.4 Å². The molecule has 32 heavy (non-hydrogen) atoms. The summed E-state index contributed by atoms with van der Waals surface area (Å²) in [6, 6.07) is 18.0. The third kappa shape index (κ3) is 7.38. The highest BCUT2D eigenvalue weighted by Gasteiger charge is 2.20. The van der Waals surface area contributed by atoms with E-state index in [-0.39, 0.29) is 0 Å². The fraction of sp³-hybridized carbons (Fsp3) is 0.467. The maximum Gasteiger partial charge on any atom is 0.0447 e. The number of hydrogen-bond acceptors (Lipinski definition) is 2. The molecule has 2 aromatic carbocycles. The molecule has 1 heterocycles. The van der Waals surface area contributed by atoms with Crippen LogP contribution in [0.4, 0.5) is 0 Å². The van der Waals surface area contributed by atoms with Gasteiger partial charge in [-0.3, -0.25) is 0 Å². The van der Waals surface area contributed by atoms with Gasteiger partial charge in [0.25, 0.3) is 0 Å². The van der Waals surface area contributed by atoms with E-state index >= 15 is 0 Å². The number of nitrogens with zero attached hydrogens (tertiary/aromatic N) is 1. The summed E-state index contributed by atoms with van der Waals surface area (Å²) in [7, 11) is 0. The third-order valence-corrected chi connectivity index (χ3v) is 6.44. The van der Waals surface area contributed by atoms with Crippen molar-refractivity contribution in [1.29, 1.82) is 0 Å². The van der Waals surface area contributed by atoms with Crippen LogP contribution < -0.4 is 0 Å². The van der Waals surface area contributed by atoms with Crippen molar-refractivity contribution in [2.24, 2.45) is 0 Å². The molecular formula is C30H41NO. The summed E-state index contributed by atoms with van der Waals surface area (Å²) in [6.45, 7) is 5.71. The minimum atomic E-state index is 0.342. The first-order chi connectivity index (χ1) is 15.7. The molecule has 0 aliphatic carbocycles. The average molecular weight is 432 g/mol. The van der Waals surface area contributed by atoms with Crippen LogP contribution in [-0.2, 0) is 0 Å². The summed E-state index contributed by atoms with van der Waals surface area (Å²) < 4.78 is 0. The molecule has 3 rings (SSSR count). The first-order valence-electron chi connectivity index (χ1n) is 12.6. The molecule has 0 bridgehead atoms. The molecular weight excluding hydrogens is 390 g/mol. The summed E-state index contributed by atoms with van der Waals surface area (Å²) in [4.78, 5) is 2.55. The fourth-order valence-corrected chi connectivity index (χ4v) is 4.49. The maximum atomic E-state index is 8.87. The topological polar surface area (TPSA) is 23.5 Å². The lowest BCUT2D eigenvalue weighted by Gasteiger charge is -2.33. The molecule has 0 saturated heterocycles. The molecule has 2 aromatic rings. The van der Waals surface area contributed by atoms with Crippen LogP contribution in [0.15, 0.2) is 60.7 Å². The summed E-state index contributed by atoms with van der Waals surface area (Å²) >= 11 is 0. The lowest BCUT2D eigenvalue weighted by Crippen LogP contribution is -2.24. The highest BCUT2D eigenvalue weighted by molar-refractivity contribution is 5.79. The minimum absolute atomic E-state index is 0.342. The van der Waals surface area contributed by atoms with Crippen LogP contribution in [0.2, 0.25) is 0 Å². The maximum absolute atomic E-state index is 8.87. The second-order valence-electron chi connectivity index (χ2n) is 9.20. The van der Waals surface area contributed by atoms with Crippen LogP contribution in [0.25, 0.3) is 11.4 Å². The molecule has 2 heteroatoms. The molecule has 2 nitrogen and oxygen atoms in total. The van der Waals surface area contributed by atoms with Gasteiger partial charge in [-0.2, -0.15) is 0 Å². The largest absolute Gasteiger partial charge is 0.396 e. The van der Waals surface area contributed by atoms with Crippen LogP contribution in [-0.4, -0.2) is 23.2 Å². The molecule has 0 saturated carbocycles. The van der Waals surface area contributed by atoms with Crippen molar-refractivity contribution in [2.45, 2.75) is 78.1 Å². The van der Waals surface area contributed by atoms with Crippen molar-refractivity contribution < 1.29 is 5.11 Å². The zero-order valence-electron chi connectivity index (χ0n) is 20.2. The Balaban J connectivity index is 1.59. The predicted octanol–water partition coefficient (Wildman–Crippen LogP) is 7.89. The van der Waals surface area contributed by atoms with Gasteiger partial charge in [-0.1, -0.05) is 117 Å². The normalized spacial score (nSPS) is 13.8. The Kier molecular flexibility index (Phi) is 10.1. The van der Waals surface area contributed by atoms with Gasteiger partial charge in [0.05, 0.1) is 0 Å². The van der Waals surface area contributed by atoms with Crippen LogP contribution in [0, 0.1) is 13.8 Å². The van der Waals surface area contributed by atoms with Crippen LogP contribution >= 0.6 is 0 Å². The number of hydrogen-bond donors (Lipinski definition) is 1. The van der Waals surface area contributed by atoms with Gasteiger partial charge in [0.15, 0.2) is 0 Å². The van der Waals surface area contributed by atoms with Crippen LogP contribution in [0.5, 0.6) is 0 Å². The number of rotatable bonds is 13. The Morgan fingerprint density at radius 1 is 0.594 bits per heavy atom. The van der Waals surface area contributed by atoms with E-state index in [1.165, 1.54) is 85.0 Å². The standard InChI is InChI=1S/C30H41NO/c1-25-15-19-27(20-16-25)29-13-12-14-30(28-21-17-26(2)18-22-28)31(29)23-10-8-6-4-3-5-7-9-11-24-32/h13-22,32H,3-12,23-24H2,1-2H3. The van der Waals surface area contributed by atoms with E-state index in [4.69, 9.17) is 5.11 Å². The highest BCUT2D eigenvalue weighted by atomic mass is 16.2. The number of aryl methyl sites for hydroxylation is 2. The second kappa shape index (κ2) is 13.3. The van der Waals surface area contributed by atoms with E-state index in [0.29, 0.717) is 6.61 Å². The van der Waals surface area contributed by atoms with Crippen molar-refractivity contribution in [2.75, 3.05) is 13.2 Å². The first kappa shape index (κ1) is 24.3. The lowest BCUT2D eigenvalue weighted by atomic mass is 9.99. The van der Waals surface area contributed by atoms with Gasteiger partial charge < -0.3 is 10.0 Å². The van der Waals surface area contributed by atoms with Gasteiger partial charge in [0.2, 0.25) is 0 Å². The molecule has 1 aliphatic rings. The Morgan fingerprint density at radius 2 is 1.00 bits per heavy atom. The van der Waals surface area contributed by atoms with Crippen molar-refractivity contribution in [3.8, 4) is 0 Å². The molecule has 172 valence electrons. The molecule has 0 radical (unpaired) electrons. The number of allylic oxidation sites excluding steroid dienone is 2.